The molecule has 1 atom stereocenters. The molecule has 0 aliphatic heterocycles. The minimum atomic E-state index is 0.464. The normalized spacial score (nSPS) is 18.1. The van der Waals surface area contributed by atoms with Gasteiger partial charge in [-0.1, -0.05) is 61.0 Å². The largest absolute Gasteiger partial charge is 0.256 e. The highest BCUT2D eigenvalue weighted by atomic mass is 14.7. The molecule has 110 valence electrons. The summed E-state index contributed by atoms with van der Waals surface area (Å²) in [6.07, 6.45) is 4.32. The zero-order valence-corrected chi connectivity index (χ0v) is 13.4. The third-order valence-electron chi connectivity index (χ3n) is 4.31. The van der Waals surface area contributed by atoms with Gasteiger partial charge in [-0.2, -0.15) is 0 Å². The van der Waals surface area contributed by atoms with Gasteiger partial charge in [-0.3, -0.25) is 4.99 Å². The number of allylic oxidation sites excluding steroid dienone is 4. The molecule has 0 amide bonds. The Bertz CT molecular complexity index is 764. The van der Waals surface area contributed by atoms with Crippen molar-refractivity contribution in [3.63, 3.8) is 0 Å². The van der Waals surface area contributed by atoms with Gasteiger partial charge in [0.25, 0.3) is 0 Å². The molecule has 1 unspecified atom stereocenters. The zero-order chi connectivity index (χ0) is 15.5. The minimum Gasteiger partial charge on any atom is -0.256 e. The van der Waals surface area contributed by atoms with Gasteiger partial charge in [0.05, 0.1) is 5.69 Å². The number of benzene rings is 2. The standard InChI is InChI=1S/C21H21N/c1-15-13-16(2)21(17(15)3)20-12-8-7-9-18(20)14-22-19-10-5-4-6-11-19/h4-14,16H,1-3H3. The van der Waals surface area contributed by atoms with Crippen LogP contribution in [0.3, 0.4) is 0 Å². The zero-order valence-electron chi connectivity index (χ0n) is 13.4. The number of para-hydroxylation sites is 1. The Morgan fingerprint density at radius 1 is 0.909 bits per heavy atom. The summed E-state index contributed by atoms with van der Waals surface area (Å²) >= 11 is 0. The highest BCUT2D eigenvalue weighted by Crippen LogP contribution is 2.38. The van der Waals surface area contributed by atoms with Gasteiger partial charge in [-0.15, -0.1) is 0 Å². The van der Waals surface area contributed by atoms with Crippen molar-refractivity contribution in [2.24, 2.45) is 10.9 Å². The maximum atomic E-state index is 4.61. The number of nitrogens with zero attached hydrogens (tertiary/aromatic N) is 1. The highest BCUT2D eigenvalue weighted by molar-refractivity contribution is 5.92. The number of hydrogen-bond donors (Lipinski definition) is 0. The van der Waals surface area contributed by atoms with Crippen molar-refractivity contribution in [1.82, 2.24) is 0 Å². The summed E-state index contributed by atoms with van der Waals surface area (Å²) in [5.74, 6) is 0.464. The molecule has 0 N–H and O–H groups in total. The summed E-state index contributed by atoms with van der Waals surface area (Å²) in [6.45, 7) is 6.68. The summed E-state index contributed by atoms with van der Waals surface area (Å²) in [5.41, 5.74) is 7.66. The maximum absolute atomic E-state index is 4.61. The molecule has 1 heteroatoms. The molecule has 0 radical (unpaired) electrons. The number of rotatable bonds is 3. The molecule has 0 saturated heterocycles. The van der Waals surface area contributed by atoms with Gasteiger partial charge in [0, 0.05) is 17.7 Å². The quantitative estimate of drug-likeness (QED) is 0.632. The number of hydrogen-bond acceptors (Lipinski definition) is 1. The van der Waals surface area contributed by atoms with Crippen LogP contribution in [-0.4, -0.2) is 6.21 Å². The average molecular weight is 287 g/mol. The molecule has 3 rings (SSSR count). The third-order valence-corrected chi connectivity index (χ3v) is 4.31. The molecule has 0 saturated carbocycles. The molecule has 1 nitrogen and oxygen atoms in total. The van der Waals surface area contributed by atoms with Gasteiger partial charge < -0.3 is 0 Å². The second kappa shape index (κ2) is 6.15. The van der Waals surface area contributed by atoms with Gasteiger partial charge in [0.15, 0.2) is 0 Å². The van der Waals surface area contributed by atoms with E-state index in [0.717, 1.165) is 5.69 Å². The lowest BCUT2D eigenvalue weighted by molar-refractivity contribution is 0.975. The second-order valence-corrected chi connectivity index (χ2v) is 5.86. The Hall–Kier alpha value is -2.41. The fourth-order valence-electron chi connectivity index (χ4n) is 3.10. The summed E-state index contributed by atoms with van der Waals surface area (Å²) in [6, 6.07) is 18.6. The van der Waals surface area contributed by atoms with Crippen LogP contribution in [0.5, 0.6) is 0 Å². The van der Waals surface area contributed by atoms with E-state index >= 15 is 0 Å². The third kappa shape index (κ3) is 2.80. The van der Waals surface area contributed by atoms with Crippen LogP contribution in [0.1, 0.15) is 31.9 Å². The Balaban J connectivity index is 2.00. The lowest BCUT2D eigenvalue weighted by atomic mass is 9.91. The fraction of sp³-hybridized carbons (Fsp3) is 0.190. The van der Waals surface area contributed by atoms with Crippen molar-refractivity contribution in [3.05, 3.63) is 82.9 Å². The van der Waals surface area contributed by atoms with E-state index in [4.69, 9.17) is 0 Å². The Kier molecular flexibility index (Phi) is 4.06. The van der Waals surface area contributed by atoms with Crippen molar-refractivity contribution >= 4 is 17.5 Å². The molecule has 2 aromatic rings. The Morgan fingerprint density at radius 3 is 2.27 bits per heavy atom. The van der Waals surface area contributed by atoms with Crippen LogP contribution < -0.4 is 0 Å². The molecular weight excluding hydrogens is 266 g/mol. The molecule has 1 aliphatic carbocycles. The van der Waals surface area contributed by atoms with Gasteiger partial charge >= 0.3 is 0 Å². The van der Waals surface area contributed by atoms with Gasteiger partial charge in [0.1, 0.15) is 0 Å². The first-order valence-corrected chi connectivity index (χ1v) is 7.75. The summed E-state index contributed by atoms with van der Waals surface area (Å²) in [5, 5.41) is 0. The van der Waals surface area contributed by atoms with Crippen LogP contribution in [0, 0.1) is 5.92 Å². The van der Waals surface area contributed by atoms with Crippen LogP contribution in [0.2, 0.25) is 0 Å². The Morgan fingerprint density at radius 2 is 1.59 bits per heavy atom. The van der Waals surface area contributed by atoms with Crippen molar-refractivity contribution in [2.75, 3.05) is 0 Å². The maximum Gasteiger partial charge on any atom is 0.0629 e. The predicted octanol–water partition coefficient (Wildman–Crippen LogP) is 5.81. The fourth-order valence-corrected chi connectivity index (χ4v) is 3.10. The first-order chi connectivity index (χ1) is 10.7. The van der Waals surface area contributed by atoms with Crippen LogP contribution in [0.15, 0.2) is 76.8 Å². The van der Waals surface area contributed by atoms with E-state index < -0.39 is 0 Å². The van der Waals surface area contributed by atoms with Gasteiger partial charge in [-0.05, 0) is 42.7 Å². The van der Waals surface area contributed by atoms with Crippen LogP contribution in [0.4, 0.5) is 5.69 Å². The SMILES string of the molecule is CC1=CC(C)C(c2ccccc2C=Nc2ccccc2)=C1C. The van der Waals surface area contributed by atoms with Crippen LogP contribution in [-0.2, 0) is 0 Å². The average Bonchev–Trinajstić information content (AvgIpc) is 2.79. The lowest BCUT2D eigenvalue weighted by Gasteiger charge is -2.13. The van der Waals surface area contributed by atoms with Gasteiger partial charge in [-0.25, -0.2) is 0 Å². The van der Waals surface area contributed by atoms with E-state index in [2.05, 4.69) is 56.1 Å². The van der Waals surface area contributed by atoms with E-state index in [0.29, 0.717) is 5.92 Å². The van der Waals surface area contributed by atoms with E-state index in [1.165, 1.54) is 27.8 Å². The molecular formula is C21H21N. The van der Waals surface area contributed by atoms with Gasteiger partial charge in [0.2, 0.25) is 0 Å². The van der Waals surface area contributed by atoms with Crippen molar-refractivity contribution < 1.29 is 0 Å². The summed E-state index contributed by atoms with van der Waals surface area (Å²) in [4.78, 5) is 4.61. The lowest BCUT2D eigenvalue weighted by Crippen LogP contribution is -1.98. The smallest absolute Gasteiger partial charge is 0.0629 e. The monoisotopic (exact) mass is 287 g/mol. The number of aliphatic imine (C=N–C) groups is 1. The second-order valence-electron chi connectivity index (χ2n) is 5.86. The molecule has 0 spiro atoms. The predicted molar refractivity (Wildman–Crippen MR) is 95.7 cm³/mol. The van der Waals surface area contributed by atoms with E-state index in [1.807, 2.05) is 36.5 Å². The Labute approximate surface area is 132 Å². The van der Waals surface area contributed by atoms with E-state index in [-0.39, 0.29) is 0 Å². The topological polar surface area (TPSA) is 12.4 Å². The molecule has 0 aromatic heterocycles. The molecule has 0 fully saturated rings. The first-order valence-electron chi connectivity index (χ1n) is 7.75. The van der Waals surface area contributed by atoms with Crippen molar-refractivity contribution in [3.8, 4) is 0 Å². The summed E-state index contributed by atoms with van der Waals surface area (Å²) in [7, 11) is 0. The van der Waals surface area contributed by atoms with Crippen LogP contribution >= 0.6 is 0 Å². The molecule has 0 heterocycles. The minimum absolute atomic E-state index is 0.464. The first kappa shape index (κ1) is 14.5. The van der Waals surface area contributed by atoms with E-state index in [1.54, 1.807) is 0 Å². The molecule has 22 heavy (non-hydrogen) atoms. The molecule has 1 aliphatic rings. The highest BCUT2D eigenvalue weighted by Gasteiger charge is 2.20. The summed E-state index contributed by atoms with van der Waals surface area (Å²) < 4.78 is 0. The van der Waals surface area contributed by atoms with Crippen LogP contribution in [0.25, 0.3) is 5.57 Å². The van der Waals surface area contributed by atoms with Crippen molar-refractivity contribution in [2.45, 2.75) is 20.8 Å². The molecule has 0 bridgehead atoms. The molecule has 2 aromatic carbocycles. The van der Waals surface area contributed by atoms with E-state index in [9.17, 15) is 0 Å². The van der Waals surface area contributed by atoms with Crippen molar-refractivity contribution in [1.29, 1.82) is 0 Å².